The van der Waals surface area contributed by atoms with Gasteiger partial charge in [-0.2, -0.15) is 0 Å². The second-order valence-corrected chi connectivity index (χ2v) is 5.13. The molecule has 0 spiro atoms. The van der Waals surface area contributed by atoms with E-state index in [0.717, 1.165) is 32.7 Å². The minimum absolute atomic E-state index is 0.210. The average Bonchev–Trinajstić information content (AvgIpc) is 2.86. The van der Waals surface area contributed by atoms with E-state index < -0.39 is 0 Å². The van der Waals surface area contributed by atoms with Gasteiger partial charge in [0.2, 0.25) is 0 Å². The molecule has 2 aliphatic heterocycles. The molecule has 2 N–H and O–H groups in total. The van der Waals surface area contributed by atoms with Gasteiger partial charge in [-0.1, -0.05) is 18.2 Å². The van der Waals surface area contributed by atoms with Crippen molar-refractivity contribution in [3.8, 4) is 0 Å². The predicted molar refractivity (Wildman–Crippen MR) is 69.1 cm³/mol. The summed E-state index contributed by atoms with van der Waals surface area (Å²) in [6.45, 7) is 4.04. The summed E-state index contributed by atoms with van der Waals surface area (Å²) in [6, 6.07) is 8.76. The van der Waals surface area contributed by atoms with Gasteiger partial charge >= 0.3 is 0 Å². The highest BCUT2D eigenvalue weighted by Gasteiger charge is 2.25. The maximum Gasteiger partial charge on any atom is 0.0512 e. The van der Waals surface area contributed by atoms with Crippen LogP contribution in [-0.2, 0) is 4.74 Å². The third-order valence-electron chi connectivity index (χ3n) is 3.89. The van der Waals surface area contributed by atoms with Crippen LogP contribution in [0.4, 0.5) is 5.69 Å². The number of rotatable bonds is 2. The van der Waals surface area contributed by atoms with Crippen LogP contribution in [0.25, 0.3) is 0 Å². The number of para-hydroxylation sites is 1. The fourth-order valence-electron chi connectivity index (χ4n) is 2.89. The zero-order valence-electron chi connectivity index (χ0n) is 10.1. The molecular formula is C14H20N2O. The zero-order chi connectivity index (χ0) is 11.7. The summed E-state index contributed by atoms with van der Waals surface area (Å²) >= 11 is 0. The third kappa shape index (κ3) is 2.17. The first-order valence-electron chi connectivity index (χ1n) is 6.52. The zero-order valence-corrected chi connectivity index (χ0v) is 10.1. The predicted octanol–water partition coefficient (Wildman–Crippen LogP) is 1.93. The van der Waals surface area contributed by atoms with Crippen LogP contribution < -0.4 is 10.6 Å². The molecule has 2 aliphatic rings. The largest absolute Gasteiger partial charge is 0.381 e. The number of fused-ring (bicyclic) bond motifs is 1. The van der Waals surface area contributed by atoms with E-state index in [1.54, 1.807) is 0 Å². The van der Waals surface area contributed by atoms with E-state index in [1.807, 2.05) is 0 Å². The fraction of sp³-hybridized carbons (Fsp3) is 0.571. The van der Waals surface area contributed by atoms with E-state index in [2.05, 4.69) is 29.2 Å². The maximum absolute atomic E-state index is 6.17. The summed E-state index contributed by atoms with van der Waals surface area (Å²) in [4.78, 5) is 2.48. The fourth-order valence-corrected chi connectivity index (χ4v) is 2.89. The Hall–Kier alpha value is -1.06. The van der Waals surface area contributed by atoms with Gasteiger partial charge in [0, 0.05) is 37.3 Å². The van der Waals surface area contributed by atoms with Crippen LogP contribution in [0.2, 0.25) is 0 Å². The number of nitrogens with zero attached hydrogens (tertiary/aromatic N) is 1. The molecule has 17 heavy (non-hydrogen) atoms. The van der Waals surface area contributed by atoms with Gasteiger partial charge in [-0.25, -0.2) is 0 Å². The van der Waals surface area contributed by atoms with E-state index in [9.17, 15) is 0 Å². The van der Waals surface area contributed by atoms with Crippen LogP contribution in [-0.4, -0.2) is 26.3 Å². The smallest absolute Gasteiger partial charge is 0.0512 e. The quantitative estimate of drug-likeness (QED) is 0.847. The molecule has 3 rings (SSSR count). The van der Waals surface area contributed by atoms with E-state index in [-0.39, 0.29) is 6.04 Å². The van der Waals surface area contributed by atoms with Crippen molar-refractivity contribution < 1.29 is 4.74 Å². The SMILES string of the molecule is NC1CCN(CC2CCOC2)c2ccccc21. The second-order valence-electron chi connectivity index (χ2n) is 5.13. The summed E-state index contributed by atoms with van der Waals surface area (Å²) in [7, 11) is 0. The lowest BCUT2D eigenvalue weighted by Crippen LogP contribution is -2.37. The molecule has 1 saturated heterocycles. The van der Waals surface area contributed by atoms with E-state index >= 15 is 0 Å². The van der Waals surface area contributed by atoms with Crippen molar-refractivity contribution in [3.05, 3.63) is 29.8 Å². The Morgan fingerprint density at radius 3 is 3.00 bits per heavy atom. The molecule has 1 aromatic rings. The van der Waals surface area contributed by atoms with Crippen molar-refractivity contribution in [2.24, 2.45) is 11.7 Å². The second kappa shape index (κ2) is 4.67. The molecule has 3 heteroatoms. The van der Waals surface area contributed by atoms with Crippen molar-refractivity contribution in [2.45, 2.75) is 18.9 Å². The number of ether oxygens (including phenoxy) is 1. The lowest BCUT2D eigenvalue weighted by Gasteiger charge is -2.35. The molecule has 0 aliphatic carbocycles. The first kappa shape index (κ1) is 11.1. The van der Waals surface area contributed by atoms with Gasteiger partial charge < -0.3 is 15.4 Å². The molecule has 1 aromatic carbocycles. The van der Waals surface area contributed by atoms with Crippen molar-refractivity contribution in [1.82, 2.24) is 0 Å². The Bertz CT molecular complexity index is 388. The van der Waals surface area contributed by atoms with Gasteiger partial charge in [-0.15, -0.1) is 0 Å². The van der Waals surface area contributed by atoms with Crippen molar-refractivity contribution in [3.63, 3.8) is 0 Å². The lowest BCUT2D eigenvalue weighted by atomic mass is 9.96. The van der Waals surface area contributed by atoms with Crippen molar-refractivity contribution in [1.29, 1.82) is 0 Å². The van der Waals surface area contributed by atoms with Gasteiger partial charge in [-0.05, 0) is 24.5 Å². The van der Waals surface area contributed by atoms with Crippen LogP contribution in [0, 0.1) is 5.92 Å². The van der Waals surface area contributed by atoms with Gasteiger partial charge in [0.05, 0.1) is 6.61 Å². The lowest BCUT2D eigenvalue weighted by molar-refractivity contribution is 0.186. The van der Waals surface area contributed by atoms with E-state index in [0.29, 0.717) is 5.92 Å². The number of anilines is 1. The van der Waals surface area contributed by atoms with Crippen LogP contribution in [0.5, 0.6) is 0 Å². The Morgan fingerprint density at radius 2 is 2.18 bits per heavy atom. The molecule has 2 unspecified atom stereocenters. The Labute approximate surface area is 103 Å². The summed E-state index contributed by atoms with van der Waals surface area (Å²) < 4.78 is 5.46. The molecule has 0 radical (unpaired) electrons. The van der Waals surface area contributed by atoms with Crippen LogP contribution in [0.15, 0.2) is 24.3 Å². The molecule has 3 nitrogen and oxygen atoms in total. The highest BCUT2D eigenvalue weighted by Crippen LogP contribution is 2.33. The Kier molecular flexibility index (Phi) is 3.04. The minimum atomic E-state index is 0.210. The van der Waals surface area contributed by atoms with Gasteiger partial charge in [0.1, 0.15) is 0 Å². The molecule has 0 amide bonds. The normalized spacial score (nSPS) is 28.2. The summed E-state index contributed by atoms with van der Waals surface area (Å²) in [5.41, 5.74) is 8.80. The molecule has 0 saturated carbocycles. The molecule has 92 valence electrons. The van der Waals surface area contributed by atoms with Crippen LogP contribution in [0.3, 0.4) is 0 Å². The van der Waals surface area contributed by atoms with Gasteiger partial charge in [0.15, 0.2) is 0 Å². The summed E-state index contributed by atoms with van der Waals surface area (Å²) in [5.74, 6) is 0.692. The number of hydrogen-bond acceptors (Lipinski definition) is 3. The van der Waals surface area contributed by atoms with E-state index in [1.165, 1.54) is 17.7 Å². The van der Waals surface area contributed by atoms with Gasteiger partial charge in [-0.3, -0.25) is 0 Å². The highest BCUT2D eigenvalue weighted by atomic mass is 16.5. The number of nitrogens with two attached hydrogens (primary N) is 1. The summed E-state index contributed by atoms with van der Waals surface area (Å²) in [5, 5.41) is 0. The van der Waals surface area contributed by atoms with E-state index in [4.69, 9.17) is 10.5 Å². The standard InChI is InChI=1S/C14H20N2O/c15-13-5-7-16(9-11-6-8-17-10-11)14-4-2-1-3-12(13)14/h1-4,11,13H,5-10,15H2. The molecular weight excluding hydrogens is 212 g/mol. The van der Waals surface area contributed by atoms with Crippen LogP contribution in [0.1, 0.15) is 24.4 Å². The molecule has 0 bridgehead atoms. The molecule has 2 atom stereocenters. The maximum atomic E-state index is 6.17. The van der Waals surface area contributed by atoms with Crippen molar-refractivity contribution >= 4 is 5.69 Å². The summed E-state index contributed by atoms with van der Waals surface area (Å²) in [6.07, 6.45) is 2.26. The van der Waals surface area contributed by atoms with Crippen LogP contribution >= 0.6 is 0 Å². The molecule has 1 fully saturated rings. The monoisotopic (exact) mass is 232 g/mol. The average molecular weight is 232 g/mol. The minimum Gasteiger partial charge on any atom is -0.381 e. The first-order valence-corrected chi connectivity index (χ1v) is 6.52. The highest BCUT2D eigenvalue weighted by molar-refractivity contribution is 5.56. The first-order chi connectivity index (χ1) is 8.34. The third-order valence-corrected chi connectivity index (χ3v) is 3.89. The Balaban J connectivity index is 1.79. The molecule has 0 aromatic heterocycles. The topological polar surface area (TPSA) is 38.5 Å². The van der Waals surface area contributed by atoms with Crippen molar-refractivity contribution in [2.75, 3.05) is 31.2 Å². The number of hydrogen-bond donors (Lipinski definition) is 1. The Morgan fingerprint density at radius 1 is 1.29 bits per heavy atom. The van der Waals surface area contributed by atoms with Gasteiger partial charge in [0.25, 0.3) is 0 Å². The molecule has 2 heterocycles. The number of benzene rings is 1.